The highest BCUT2D eigenvalue weighted by atomic mass is 127. The quantitative estimate of drug-likeness (QED) is 0.715. The molecule has 1 unspecified atom stereocenters. The molecule has 0 amide bonds. The molecule has 2 aromatic rings. The van der Waals surface area contributed by atoms with Gasteiger partial charge in [0.2, 0.25) is 0 Å². The van der Waals surface area contributed by atoms with Crippen LogP contribution in [-0.2, 0) is 16.6 Å². The van der Waals surface area contributed by atoms with Crippen LogP contribution < -0.4 is 0 Å². The molecule has 1 atom stereocenters. The van der Waals surface area contributed by atoms with E-state index in [0.29, 0.717) is 5.75 Å². The van der Waals surface area contributed by atoms with Crippen molar-refractivity contribution in [1.82, 2.24) is 0 Å². The smallest absolute Gasteiger partial charge is 0.123 e. The monoisotopic (exact) mass is 386 g/mol. The summed E-state index contributed by atoms with van der Waals surface area (Å²) in [6, 6.07) is 14.1. The van der Waals surface area contributed by atoms with Gasteiger partial charge in [-0.15, -0.1) is 0 Å². The maximum Gasteiger partial charge on any atom is 0.123 e. The lowest BCUT2D eigenvalue weighted by Crippen LogP contribution is -1.91. The van der Waals surface area contributed by atoms with Gasteiger partial charge in [0.15, 0.2) is 0 Å². The summed E-state index contributed by atoms with van der Waals surface area (Å²) in [5.74, 6) is 0.228. The van der Waals surface area contributed by atoms with Crippen molar-refractivity contribution in [2.45, 2.75) is 5.75 Å². The van der Waals surface area contributed by atoms with Gasteiger partial charge in [-0.25, -0.2) is 4.39 Å². The highest BCUT2D eigenvalue weighted by Crippen LogP contribution is 2.10. The molecular weight excluding hydrogens is 374 g/mol. The lowest BCUT2D eigenvalue weighted by Gasteiger charge is -1.99. The summed E-state index contributed by atoms with van der Waals surface area (Å²) < 4.78 is 25.8. The standard InChI is InChI=1S/C15H12FIOS/c16-14-5-1-12(2-6-14)9-10-19(18)11-13-3-7-15(17)8-4-13/h1-10H,11H2/b10-9-. The third kappa shape index (κ3) is 4.87. The molecule has 0 heterocycles. The number of hydrogen-bond donors (Lipinski definition) is 0. The summed E-state index contributed by atoms with van der Waals surface area (Å²) in [7, 11) is -1.06. The Kier molecular flexibility index (Phi) is 5.27. The van der Waals surface area contributed by atoms with E-state index in [1.807, 2.05) is 24.3 Å². The summed E-state index contributed by atoms with van der Waals surface area (Å²) in [4.78, 5) is 0. The fourth-order valence-corrected chi connectivity index (χ4v) is 2.81. The minimum Gasteiger partial charge on any atom is -0.255 e. The molecular formula is C15H12FIOS. The van der Waals surface area contributed by atoms with E-state index in [1.54, 1.807) is 23.6 Å². The summed E-state index contributed by atoms with van der Waals surface area (Å²) in [5.41, 5.74) is 1.89. The van der Waals surface area contributed by atoms with Crippen molar-refractivity contribution in [1.29, 1.82) is 0 Å². The van der Waals surface area contributed by atoms with Crippen LogP contribution in [0.15, 0.2) is 53.9 Å². The molecule has 0 bridgehead atoms. The summed E-state index contributed by atoms with van der Waals surface area (Å²) >= 11 is 2.24. The molecule has 0 aliphatic rings. The van der Waals surface area contributed by atoms with Crippen molar-refractivity contribution in [3.63, 3.8) is 0 Å². The first kappa shape index (κ1) is 14.4. The van der Waals surface area contributed by atoms with Crippen LogP contribution in [-0.4, -0.2) is 4.21 Å². The second kappa shape index (κ2) is 6.96. The van der Waals surface area contributed by atoms with Crippen LogP contribution in [0, 0.1) is 9.39 Å². The van der Waals surface area contributed by atoms with Gasteiger partial charge in [0.05, 0.1) is 16.6 Å². The Labute approximate surface area is 128 Å². The molecule has 98 valence electrons. The number of benzene rings is 2. The summed E-state index contributed by atoms with van der Waals surface area (Å²) in [6.45, 7) is 0. The zero-order valence-corrected chi connectivity index (χ0v) is 13.0. The maximum absolute atomic E-state index is 12.7. The van der Waals surface area contributed by atoms with Crippen molar-refractivity contribution >= 4 is 39.5 Å². The van der Waals surface area contributed by atoms with E-state index in [4.69, 9.17) is 0 Å². The average Bonchev–Trinajstić information content (AvgIpc) is 2.41. The molecule has 1 nitrogen and oxygen atoms in total. The normalized spacial score (nSPS) is 12.7. The maximum atomic E-state index is 12.7. The third-order valence-electron chi connectivity index (χ3n) is 2.50. The Balaban J connectivity index is 1.97. The highest BCUT2D eigenvalue weighted by molar-refractivity contribution is 14.1. The molecule has 0 spiro atoms. The number of hydrogen-bond acceptors (Lipinski definition) is 1. The van der Waals surface area contributed by atoms with Crippen LogP contribution in [0.25, 0.3) is 6.08 Å². The highest BCUT2D eigenvalue weighted by Gasteiger charge is 1.98. The minimum absolute atomic E-state index is 0.267. The lowest BCUT2D eigenvalue weighted by atomic mass is 10.2. The van der Waals surface area contributed by atoms with Crippen LogP contribution in [0.2, 0.25) is 0 Å². The Hall–Kier alpha value is -1.01. The topological polar surface area (TPSA) is 17.1 Å². The lowest BCUT2D eigenvalue weighted by molar-refractivity contribution is 0.628. The van der Waals surface area contributed by atoms with Crippen LogP contribution in [0.3, 0.4) is 0 Å². The first-order chi connectivity index (χ1) is 9.13. The molecule has 0 aromatic heterocycles. The van der Waals surface area contributed by atoms with E-state index in [2.05, 4.69) is 22.6 Å². The van der Waals surface area contributed by atoms with Crippen molar-refractivity contribution in [2.24, 2.45) is 0 Å². The summed E-state index contributed by atoms with van der Waals surface area (Å²) in [6.07, 6.45) is 1.75. The van der Waals surface area contributed by atoms with Gasteiger partial charge in [0.25, 0.3) is 0 Å². The first-order valence-corrected chi connectivity index (χ1v) is 8.15. The zero-order chi connectivity index (χ0) is 13.7. The molecule has 0 fully saturated rings. The Morgan fingerprint density at radius 3 is 2.32 bits per heavy atom. The van der Waals surface area contributed by atoms with Crippen LogP contribution in [0.4, 0.5) is 4.39 Å². The van der Waals surface area contributed by atoms with E-state index in [0.717, 1.165) is 14.7 Å². The number of rotatable bonds is 4. The van der Waals surface area contributed by atoms with Gasteiger partial charge in [0, 0.05) is 8.98 Å². The minimum atomic E-state index is -1.06. The van der Waals surface area contributed by atoms with Gasteiger partial charge in [-0.05, 0) is 64.1 Å². The average molecular weight is 386 g/mol. The Bertz CT molecular complexity index is 591. The van der Waals surface area contributed by atoms with Crippen LogP contribution in [0.5, 0.6) is 0 Å². The molecule has 2 aromatic carbocycles. The van der Waals surface area contributed by atoms with E-state index >= 15 is 0 Å². The van der Waals surface area contributed by atoms with Gasteiger partial charge in [-0.1, -0.05) is 24.3 Å². The zero-order valence-electron chi connectivity index (χ0n) is 10.1. The van der Waals surface area contributed by atoms with E-state index < -0.39 is 10.8 Å². The largest absolute Gasteiger partial charge is 0.255 e. The predicted octanol–water partition coefficient (Wildman–Crippen LogP) is 4.35. The van der Waals surface area contributed by atoms with Crippen LogP contribution in [0.1, 0.15) is 11.1 Å². The van der Waals surface area contributed by atoms with E-state index in [-0.39, 0.29) is 5.82 Å². The van der Waals surface area contributed by atoms with Gasteiger partial charge in [-0.3, -0.25) is 4.21 Å². The molecule has 0 radical (unpaired) electrons. The molecule has 0 saturated heterocycles. The molecule has 2 rings (SSSR count). The van der Waals surface area contributed by atoms with Gasteiger partial charge in [0.1, 0.15) is 5.82 Å². The second-order valence-electron chi connectivity index (χ2n) is 4.01. The fraction of sp³-hybridized carbons (Fsp3) is 0.0667. The third-order valence-corrected chi connectivity index (χ3v) is 4.28. The van der Waals surface area contributed by atoms with E-state index in [9.17, 15) is 8.60 Å². The Morgan fingerprint density at radius 2 is 1.68 bits per heavy atom. The SMILES string of the molecule is O=S(/C=C\c1ccc(F)cc1)Cc1ccc(I)cc1. The summed E-state index contributed by atoms with van der Waals surface area (Å²) in [5, 5.41) is 1.64. The van der Waals surface area contributed by atoms with Crippen LogP contribution >= 0.6 is 22.6 Å². The second-order valence-corrected chi connectivity index (χ2v) is 6.57. The molecule has 0 saturated carbocycles. The van der Waals surface area contributed by atoms with Gasteiger partial charge in [-0.2, -0.15) is 0 Å². The van der Waals surface area contributed by atoms with Crippen molar-refractivity contribution in [2.75, 3.05) is 0 Å². The first-order valence-electron chi connectivity index (χ1n) is 5.69. The fourth-order valence-electron chi connectivity index (χ4n) is 1.52. The predicted molar refractivity (Wildman–Crippen MR) is 86.4 cm³/mol. The van der Waals surface area contributed by atoms with Crippen molar-refractivity contribution in [3.8, 4) is 0 Å². The molecule has 0 aliphatic carbocycles. The molecule has 0 aliphatic heterocycles. The number of halogens is 2. The van der Waals surface area contributed by atoms with Crippen molar-refractivity contribution in [3.05, 3.63) is 74.5 Å². The Morgan fingerprint density at radius 1 is 1.05 bits per heavy atom. The molecule has 0 N–H and O–H groups in total. The molecule has 4 heteroatoms. The van der Waals surface area contributed by atoms with Gasteiger partial charge < -0.3 is 0 Å². The van der Waals surface area contributed by atoms with Crippen molar-refractivity contribution < 1.29 is 8.60 Å². The van der Waals surface area contributed by atoms with E-state index in [1.165, 1.54) is 12.1 Å². The molecule has 19 heavy (non-hydrogen) atoms. The van der Waals surface area contributed by atoms with Gasteiger partial charge >= 0.3 is 0 Å².